The average Bonchev–Trinajstić information content (AvgIpc) is 2.52. The van der Waals surface area contributed by atoms with Crippen molar-refractivity contribution in [1.29, 1.82) is 0 Å². The molecule has 0 saturated heterocycles. The van der Waals surface area contributed by atoms with Crippen LogP contribution in [0, 0.1) is 10.1 Å². The number of carbonyl (C=O) groups excluding carboxylic acids is 1. The van der Waals surface area contributed by atoms with Crippen molar-refractivity contribution < 1.29 is 24.4 Å². The zero-order chi connectivity index (χ0) is 17.6. The van der Waals surface area contributed by atoms with Gasteiger partial charge in [0.05, 0.1) is 23.0 Å². The van der Waals surface area contributed by atoms with Gasteiger partial charge in [0.25, 0.3) is 11.6 Å². The molecule has 0 spiro atoms. The highest BCUT2D eigenvalue weighted by atomic mass is 32.2. The Bertz CT molecular complexity index is 620. The quantitative estimate of drug-likeness (QED) is 0.422. The number of thioether (sulfide) groups is 1. The number of hydrogen-bond acceptors (Lipinski definition) is 6. The van der Waals surface area contributed by atoms with Crippen molar-refractivity contribution in [2.75, 3.05) is 13.4 Å². The lowest BCUT2D eigenvalue weighted by molar-refractivity contribution is -0.385. The van der Waals surface area contributed by atoms with Crippen molar-refractivity contribution in [3.05, 3.63) is 27.8 Å². The molecule has 0 bridgehead atoms. The summed E-state index contributed by atoms with van der Waals surface area (Å²) in [7, 11) is 1.38. The molecule has 0 aliphatic heterocycles. The first-order chi connectivity index (χ1) is 10.8. The number of nitro benzene ring substituents is 1. The number of carboxylic acids is 1. The lowest BCUT2D eigenvalue weighted by Gasteiger charge is -2.15. The maximum atomic E-state index is 12.3. The topological polar surface area (TPSA) is 119 Å². The van der Waals surface area contributed by atoms with Crippen LogP contribution >= 0.6 is 11.8 Å². The predicted molar refractivity (Wildman–Crippen MR) is 85.2 cm³/mol. The van der Waals surface area contributed by atoms with E-state index in [0.717, 1.165) is 6.07 Å². The first-order valence-electron chi connectivity index (χ1n) is 6.79. The van der Waals surface area contributed by atoms with Gasteiger partial charge in [-0.2, -0.15) is 0 Å². The van der Waals surface area contributed by atoms with Crippen molar-refractivity contribution in [3.8, 4) is 5.75 Å². The van der Waals surface area contributed by atoms with E-state index in [2.05, 4.69) is 5.32 Å². The summed E-state index contributed by atoms with van der Waals surface area (Å²) in [6, 6.07) is 1.41. The van der Waals surface area contributed by atoms with Crippen LogP contribution in [0.2, 0.25) is 0 Å². The third-order valence-corrected chi connectivity index (χ3v) is 3.88. The second-order valence-corrected chi connectivity index (χ2v) is 5.48. The highest BCUT2D eigenvalue weighted by molar-refractivity contribution is 7.98. The highest BCUT2D eigenvalue weighted by Crippen LogP contribution is 2.34. The zero-order valence-electron chi connectivity index (χ0n) is 13.0. The molecular weight excluding hydrogens is 324 g/mol. The smallest absolute Gasteiger partial charge is 0.326 e. The maximum absolute atomic E-state index is 12.3. The van der Waals surface area contributed by atoms with Gasteiger partial charge >= 0.3 is 5.97 Å². The van der Waals surface area contributed by atoms with Crippen LogP contribution in [0.15, 0.2) is 17.0 Å². The number of methoxy groups -OCH3 is 1. The molecule has 1 unspecified atom stereocenters. The van der Waals surface area contributed by atoms with E-state index in [9.17, 15) is 19.7 Å². The fourth-order valence-corrected chi connectivity index (χ4v) is 2.56. The number of amides is 1. The van der Waals surface area contributed by atoms with Crippen LogP contribution in [0.1, 0.15) is 30.1 Å². The van der Waals surface area contributed by atoms with Gasteiger partial charge in [0.15, 0.2) is 0 Å². The van der Waals surface area contributed by atoms with E-state index in [1.807, 2.05) is 0 Å². The lowest BCUT2D eigenvalue weighted by Crippen LogP contribution is -2.40. The molecule has 23 heavy (non-hydrogen) atoms. The SMILES string of the molecule is CCCC(NC(=O)c1cc(SC)c(OC)cc1[N+](=O)[O-])C(=O)O. The number of nitrogens with zero attached hydrogens (tertiary/aromatic N) is 1. The third kappa shape index (κ3) is 4.59. The summed E-state index contributed by atoms with van der Waals surface area (Å²) in [4.78, 5) is 34.5. The van der Waals surface area contributed by atoms with Gasteiger partial charge in [-0.3, -0.25) is 14.9 Å². The van der Waals surface area contributed by atoms with Gasteiger partial charge in [0, 0.05) is 0 Å². The summed E-state index contributed by atoms with van der Waals surface area (Å²) < 4.78 is 5.07. The predicted octanol–water partition coefficient (Wildman–Crippen LogP) is 2.31. The van der Waals surface area contributed by atoms with E-state index < -0.39 is 28.5 Å². The standard InChI is InChI=1S/C14H18N2O6S/c1-4-5-9(14(18)19)15-13(17)8-6-12(23-3)11(22-2)7-10(8)16(20)21/h6-7,9H,4-5H2,1-3H3,(H,15,17)(H,18,19). The molecule has 0 fully saturated rings. The first kappa shape index (κ1) is 18.8. The number of carbonyl (C=O) groups is 2. The van der Waals surface area contributed by atoms with Gasteiger partial charge in [0.1, 0.15) is 17.4 Å². The van der Waals surface area contributed by atoms with Gasteiger partial charge in [-0.05, 0) is 18.7 Å². The Morgan fingerprint density at radius 3 is 2.57 bits per heavy atom. The van der Waals surface area contributed by atoms with Gasteiger partial charge in [0.2, 0.25) is 0 Å². The molecule has 126 valence electrons. The van der Waals surface area contributed by atoms with E-state index in [1.54, 1.807) is 13.2 Å². The second kappa shape index (κ2) is 8.37. The van der Waals surface area contributed by atoms with Crippen LogP contribution in [0.5, 0.6) is 5.75 Å². The summed E-state index contributed by atoms with van der Waals surface area (Å²) in [6.45, 7) is 1.78. The number of rotatable bonds is 8. The largest absolute Gasteiger partial charge is 0.495 e. The minimum atomic E-state index is -1.18. The van der Waals surface area contributed by atoms with Crippen LogP contribution in [-0.2, 0) is 4.79 Å². The minimum Gasteiger partial charge on any atom is -0.495 e. The summed E-state index contributed by atoms with van der Waals surface area (Å²) in [5.41, 5.74) is -0.625. The van der Waals surface area contributed by atoms with E-state index in [0.29, 0.717) is 11.3 Å². The van der Waals surface area contributed by atoms with Crippen LogP contribution in [0.4, 0.5) is 5.69 Å². The average molecular weight is 342 g/mol. The van der Waals surface area contributed by atoms with Crippen LogP contribution in [0.3, 0.4) is 0 Å². The molecule has 8 nitrogen and oxygen atoms in total. The van der Waals surface area contributed by atoms with Gasteiger partial charge in [-0.15, -0.1) is 11.8 Å². The van der Waals surface area contributed by atoms with Crippen molar-refractivity contribution in [3.63, 3.8) is 0 Å². The minimum absolute atomic E-state index is 0.192. The Morgan fingerprint density at radius 2 is 2.13 bits per heavy atom. The van der Waals surface area contributed by atoms with Crippen LogP contribution < -0.4 is 10.1 Å². The molecule has 2 N–H and O–H groups in total. The first-order valence-corrected chi connectivity index (χ1v) is 8.02. The molecule has 0 saturated carbocycles. The van der Waals surface area contributed by atoms with Crippen molar-refractivity contribution in [2.24, 2.45) is 0 Å². The fraction of sp³-hybridized carbons (Fsp3) is 0.429. The molecule has 0 aliphatic rings. The molecule has 9 heteroatoms. The zero-order valence-corrected chi connectivity index (χ0v) is 13.8. The maximum Gasteiger partial charge on any atom is 0.326 e. The summed E-state index contributed by atoms with van der Waals surface area (Å²) in [6.07, 6.45) is 2.53. The number of benzene rings is 1. The molecule has 0 aromatic heterocycles. The van der Waals surface area contributed by atoms with Gasteiger partial charge in [-0.25, -0.2) is 4.79 Å². The molecule has 1 aromatic carbocycles. The fourth-order valence-electron chi connectivity index (χ4n) is 1.98. The van der Waals surface area contributed by atoms with Crippen molar-refractivity contribution in [1.82, 2.24) is 5.32 Å². The number of aliphatic carboxylic acids is 1. The van der Waals surface area contributed by atoms with Crippen molar-refractivity contribution in [2.45, 2.75) is 30.7 Å². The Hall–Kier alpha value is -2.29. The molecule has 0 heterocycles. The van der Waals surface area contributed by atoms with E-state index in [-0.39, 0.29) is 17.7 Å². The van der Waals surface area contributed by atoms with E-state index in [4.69, 9.17) is 9.84 Å². The number of ether oxygens (including phenoxy) is 1. The molecular formula is C14H18N2O6S. The normalized spacial score (nSPS) is 11.6. The van der Waals surface area contributed by atoms with Crippen LogP contribution in [-0.4, -0.2) is 41.3 Å². The monoisotopic (exact) mass is 342 g/mol. The molecule has 1 aromatic rings. The summed E-state index contributed by atoms with van der Waals surface area (Å²) in [5, 5.41) is 22.6. The Kier molecular flexibility index (Phi) is 6.83. The number of nitrogens with one attached hydrogen (secondary N) is 1. The third-order valence-electron chi connectivity index (χ3n) is 3.12. The van der Waals surface area contributed by atoms with Crippen molar-refractivity contribution >= 4 is 29.3 Å². The van der Waals surface area contributed by atoms with E-state index >= 15 is 0 Å². The molecule has 1 atom stereocenters. The van der Waals surface area contributed by atoms with Gasteiger partial charge < -0.3 is 15.2 Å². The lowest BCUT2D eigenvalue weighted by atomic mass is 10.1. The molecule has 1 rings (SSSR count). The second-order valence-electron chi connectivity index (χ2n) is 4.63. The molecule has 0 aliphatic carbocycles. The Morgan fingerprint density at radius 1 is 1.48 bits per heavy atom. The molecule has 1 amide bonds. The number of carboxylic acid groups (broad SMARTS) is 1. The number of nitro groups is 1. The molecule has 0 radical (unpaired) electrons. The summed E-state index contributed by atoms with van der Waals surface area (Å²) >= 11 is 1.26. The Labute approximate surface area is 137 Å². The summed E-state index contributed by atoms with van der Waals surface area (Å²) in [5.74, 6) is -1.69. The van der Waals surface area contributed by atoms with E-state index in [1.165, 1.54) is 24.9 Å². The van der Waals surface area contributed by atoms with Crippen LogP contribution in [0.25, 0.3) is 0 Å². The number of hydrogen-bond donors (Lipinski definition) is 2. The highest BCUT2D eigenvalue weighted by Gasteiger charge is 2.27. The Balaban J connectivity index is 3.25. The van der Waals surface area contributed by atoms with Gasteiger partial charge in [-0.1, -0.05) is 13.3 Å².